The fraction of sp³-hybridized carbons (Fsp3) is 0.500. The Morgan fingerprint density at radius 3 is 2.43 bits per heavy atom. The van der Waals surface area contributed by atoms with E-state index in [0.29, 0.717) is 5.56 Å². The fourth-order valence-corrected chi connectivity index (χ4v) is 1.78. The lowest BCUT2D eigenvalue weighted by molar-refractivity contribution is -0.153. The molecule has 1 N–H and O–H groups in total. The Kier molecular flexibility index (Phi) is 6.60. The second-order valence-corrected chi connectivity index (χ2v) is 5.56. The summed E-state index contributed by atoms with van der Waals surface area (Å²) in [5.74, 6) is -0.746. The van der Waals surface area contributed by atoms with Crippen LogP contribution in [0, 0.1) is 5.92 Å². The third-order valence-electron chi connectivity index (χ3n) is 3.12. The number of hydrogen-bond donors (Lipinski definition) is 1. The Morgan fingerprint density at radius 2 is 1.87 bits per heavy atom. The SMILES string of the molecule is CC(C)C(=O)CC(=O)NC(C)c1cccc(OCC(F)(F)F)c1. The molecule has 1 unspecified atom stereocenters. The van der Waals surface area contributed by atoms with Crippen LogP contribution in [-0.4, -0.2) is 24.5 Å². The van der Waals surface area contributed by atoms with E-state index in [2.05, 4.69) is 10.1 Å². The molecule has 1 atom stereocenters. The summed E-state index contributed by atoms with van der Waals surface area (Å²) in [6, 6.07) is 5.60. The topological polar surface area (TPSA) is 55.4 Å². The molecular weight excluding hydrogens is 311 g/mol. The quantitative estimate of drug-likeness (QED) is 0.779. The van der Waals surface area contributed by atoms with Crippen LogP contribution in [0.15, 0.2) is 24.3 Å². The number of nitrogens with one attached hydrogen (secondary N) is 1. The number of benzene rings is 1. The van der Waals surface area contributed by atoms with Gasteiger partial charge in [-0.15, -0.1) is 0 Å². The van der Waals surface area contributed by atoms with Gasteiger partial charge in [0, 0.05) is 5.92 Å². The van der Waals surface area contributed by atoms with Gasteiger partial charge >= 0.3 is 6.18 Å². The normalized spacial score (nSPS) is 12.8. The van der Waals surface area contributed by atoms with Crippen molar-refractivity contribution in [2.45, 2.75) is 39.4 Å². The minimum absolute atomic E-state index is 0.0687. The van der Waals surface area contributed by atoms with E-state index >= 15 is 0 Å². The van der Waals surface area contributed by atoms with Crippen molar-refractivity contribution in [1.82, 2.24) is 5.32 Å². The number of halogens is 3. The largest absolute Gasteiger partial charge is 0.484 e. The molecule has 128 valence electrons. The lowest BCUT2D eigenvalue weighted by Gasteiger charge is -2.16. The first kappa shape index (κ1) is 19.0. The second kappa shape index (κ2) is 7.99. The van der Waals surface area contributed by atoms with Crippen LogP contribution in [0.3, 0.4) is 0 Å². The molecular formula is C16H20F3NO3. The monoisotopic (exact) mass is 331 g/mol. The molecule has 0 saturated heterocycles. The van der Waals surface area contributed by atoms with Gasteiger partial charge in [0.1, 0.15) is 11.5 Å². The van der Waals surface area contributed by atoms with E-state index in [4.69, 9.17) is 0 Å². The Hall–Kier alpha value is -2.05. The number of hydrogen-bond acceptors (Lipinski definition) is 3. The van der Waals surface area contributed by atoms with Gasteiger partial charge in [-0.1, -0.05) is 26.0 Å². The molecule has 0 aromatic heterocycles. The second-order valence-electron chi connectivity index (χ2n) is 5.56. The summed E-state index contributed by atoms with van der Waals surface area (Å²) in [6.45, 7) is 3.72. The van der Waals surface area contributed by atoms with E-state index in [0.717, 1.165) is 0 Å². The van der Waals surface area contributed by atoms with E-state index in [1.54, 1.807) is 32.9 Å². The van der Waals surface area contributed by atoms with Gasteiger partial charge in [-0.25, -0.2) is 0 Å². The molecule has 4 nitrogen and oxygen atoms in total. The predicted octanol–water partition coefficient (Wildman–Crippen LogP) is 3.42. The van der Waals surface area contributed by atoms with Crippen molar-refractivity contribution in [2.75, 3.05) is 6.61 Å². The molecule has 0 heterocycles. The summed E-state index contributed by atoms with van der Waals surface area (Å²) in [5.41, 5.74) is 0.593. The van der Waals surface area contributed by atoms with Gasteiger partial charge in [-0.05, 0) is 24.6 Å². The van der Waals surface area contributed by atoms with Crippen LogP contribution >= 0.6 is 0 Å². The zero-order valence-corrected chi connectivity index (χ0v) is 13.2. The van der Waals surface area contributed by atoms with Gasteiger partial charge in [0.15, 0.2) is 6.61 Å². The van der Waals surface area contributed by atoms with Gasteiger partial charge in [0.2, 0.25) is 5.91 Å². The van der Waals surface area contributed by atoms with E-state index < -0.39 is 24.7 Å². The molecule has 0 aliphatic carbocycles. The maximum absolute atomic E-state index is 12.1. The molecule has 1 rings (SSSR count). The lowest BCUT2D eigenvalue weighted by Crippen LogP contribution is -2.29. The number of rotatable bonds is 7. The molecule has 0 saturated carbocycles. The lowest BCUT2D eigenvalue weighted by atomic mass is 10.0. The summed E-state index contributed by atoms with van der Waals surface area (Å²) in [5, 5.41) is 2.64. The van der Waals surface area contributed by atoms with Crippen molar-refractivity contribution in [3.63, 3.8) is 0 Å². The van der Waals surface area contributed by atoms with Crippen molar-refractivity contribution in [3.05, 3.63) is 29.8 Å². The molecule has 0 aliphatic heterocycles. The number of ether oxygens (including phenoxy) is 1. The predicted molar refractivity (Wildman–Crippen MR) is 79.0 cm³/mol. The number of carbonyl (C=O) groups excluding carboxylic acids is 2. The molecule has 1 amide bonds. The molecule has 0 radical (unpaired) electrons. The first-order valence-electron chi connectivity index (χ1n) is 7.20. The Bertz CT molecular complexity index is 556. The molecule has 23 heavy (non-hydrogen) atoms. The molecule has 1 aromatic carbocycles. The van der Waals surface area contributed by atoms with E-state index in [-0.39, 0.29) is 23.9 Å². The number of alkyl halides is 3. The molecule has 1 aromatic rings. The highest BCUT2D eigenvalue weighted by Crippen LogP contribution is 2.22. The standard InChI is InChI=1S/C16H20F3NO3/c1-10(2)14(21)8-15(22)20-11(3)12-5-4-6-13(7-12)23-9-16(17,18)19/h4-7,10-11H,8-9H2,1-3H3,(H,20,22). The van der Waals surface area contributed by atoms with E-state index in [1.165, 1.54) is 12.1 Å². The third-order valence-corrected chi connectivity index (χ3v) is 3.12. The van der Waals surface area contributed by atoms with Gasteiger partial charge < -0.3 is 10.1 Å². The number of carbonyl (C=O) groups is 2. The van der Waals surface area contributed by atoms with Gasteiger partial charge in [0.05, 0.1) is 12.5 Å². The summed E-state index contributed by atoms with van der Waals surface area (Å²) in [7, 11) is 0. The highest BCUT2D eigenvalue weighted by Gasteiger charge is 2.28. The first-order chi connectivity index (χ1) is 10.6. The summed E-state index contributed by atoms with van der Waals surface area (Å²) in [4.78, 5) is 23.3. The Labute approximate surface area is 133 Å². The molecule has 0 fully saturated rings. The van der Waals surface area contributed by atoms with Crippen molar-refractivity contribution in [2.24, 2.45) is 5.92 Å². The third kappa shape index (κ3) is 7.17. The van der Waals surface area contributed by atoms with Crippen LogP contribution < -0.4 is 10.1 Å². The number of ketones is 1. The maximum atomic E-state index is 12.1. The minimum atomic E-state index is -4.41. The van der Waals surface area contributed by atoms with Crippen molar-refractivity contribution in [1.29, 1.82) is 0 Å². The summed E-state index contributed by atoms with van der Waals surface area (Å²) in [6.07, 6.45) is -4.63. The maximum Gasteiger partial charge on any atom is 0.422 e. The van der Waals surface area contributed by atoms with Crippen LogP contribution in [0.5, 0.6) is 5.75 Å². The average molecular weight is 331 g/mol. The van der Waals surface area contributed by atoms with Crippen molar-refractivity contribution in [3.8, 4) is 5.75 Å². The van der Waals surface area contributed by atoms with Crippen molar-refractivity contribution >= 4 is 11.7 Å². The Balaban J connectivity index is 2.64. The van der Waals surface area contributed by atoms with Crippen molar-refractivity contribution < 1.29 is 27.5 Å². The fourth-order valence-electron chi connectivity index (χ4n) is 1.78. The van der Waals surface area contributed by atoms with E-state index in [9.17, 15) is 22.8 Å². The van der Waals surface area contributed by atoms with Crippen LogP contribution in [0.25, 0.3) is 0 Å². The van der Waals surface area contributed by atoms with Crippen LogP contribution in [0.2, 0.25) is 0 Å². The zero-order chi connectivity index (χ0) is 17.6. The summed E-state index contributed by atoms with van der Waals surface area (Å²) >= 11 is 0. The molecule has 0 spiro atoms. The number of amides is 1. The van der Waals surface area contributed by atoms with Gasteiger partial charge in [-0.2, -0.15) is 13.2 Å². The van der Waals surface area contributed by atoms with Gasteiger partial charge in [0.25, 0.3) is 0 Å². The number of Topliss-reactive ketones (excluding diaryl/α,β-unsaturated/α-hetero) is 1. The summed E-state index contributed by atoms with van der Waals surface area (Å²) < 4.78 is 41.1. The first-order valence-corrected chi connectivity index (χ1v) is 7.20. The average Bonchev–Trinajstić information content (AvgIpc) is 2.44. The molecule has 0 bridgehead atoms. The van der Waals surface area contributed by atoms with Crippen LogP contribution in [0.4, 0.5) is 13.2 Å². The van der Waals surface area contributed by atoms with Crippen LogP contribution in [-0.2, 0) is 9.59 Å². The van der Waals surface area contributed by atoms with Crippen LogP contribution in [0.1, 0.15) is 38.8 Å². The Morgan fingerprint density at radius 1 is 1.22 bits per heavy atom. The minimum Gasteiger partial charge on any atom is -0.484 e. The zero-order valence-electron chi connectivity index (χ0n) is 13.2. The molecule has 0 aliphatic rings. The molecule has 7 heteroatoms. The highest BCUT2D eigenvalue weighted by atomic mass is 19.4. The smallest absolute Gasteiger partial charge is 0.422 e. The van der Waals surface area contributed by atoms with Gasteiger partial charge in [-0.3, -0.25) is 9.59 Å². The highest BCUT2D eigenvalue weighted by molar-refractivity contribution is 5.98. The van der Waals surface area contributed by atoms with E-state index in [1.807, 2.05) is 0 Å².